The highest BCUT2D eigenvalue weighted by molar-refractivity contribution is 7.98. The van der Waals surface area contributed by atoms with Gasteiger partial charge < -0.3 is 5.11 Å². The molecular weight excluding hydrogens is 289 g/mol. The molecule has 0 aliphatic carbocycles. The molecule has 108 valence electrons. The number of hydrogen-bond donors (Lipinski definition) is 2. The van der Waals surface area contributed by atoms with Crippen molar-refractivity contribution in [2.24, 2.45) is 0 Å². The molecule has 2 N–H and O–H groups in total. The molecule has 7 heteroatoms. The van der Waals surface area contributed by atoms with Crippen LogP contribution in [0.5, 0.6) is 0 Å². The van der Waals surface area contributed by atoms with E-state index in [4.69, 9.17) is 5.11 Å². The average Bonchev–Trinajstić information content (AvgIpc) is 2.35. The van der Waals surface area contributed by atoms with E-state index in [0.717, 1.165) is 11.8 Å². The van der Waals surface area contributed by atoms with Crippen molar-refractivity contribution >= 4 is 21.8 Å². The Labute approximate surface area is 117 Å². The SMILES string of the molecule is CSCCC(C)NS(=O)(=O)c1ccc(CO)cc1F. The summed E-state index contributed by atoms with van der Waals surface area (Å²) in [5, 5.41) is 8.86. The van der Waals surface area contributed by atoms with Crippen molar-refractivity contribution in [3.8, 4) is 0 Å². The van der Waals surface area contributed by atoms with E-state index in [9.17, 15) is 12.8 Å². The van der Waals surface area contributed by atoms with Gasteiger partial charge >= 0.3 is 0 Å². The second-order valence-corrected chi connectivity index (χ2v) is 6.89. The third-order valence-corrected chi connectivity index (χ3v) is 4.85. The summed E-state index contributed by atoms with van der Waals surface area (Å²) in [6, 6.07) is 3.34. The first-order chi connectivity index (χ1) is 8.90. The minimum Gasteiger partial charge on any atom is -0.392 e. The van der Waals surface area contributed by atoms with Gasteiger partial charge in [-0.05, 0) is 43.0 Å². The number of halogens is 1. The Hall–Kier alpha value is -0.630. The van der Waals surface area contributed by atoms with Crippen molar-refractivity contribution < 1.29 is 17.9 Å². The lowest BCUT2D eigenvalue weighted by Crippen LogP contribution is -2.33. The van der Waals surface area contributed by atoms with Gasteiger partial charge in [-0.3, -0.25) is 0 Å². The molecule has 0 amide bonds. The number of benzene rings is 1. The molecule has 19 heavy (non-hydrogen) atoms. The predicted molar refractivity (Wildman–Crippen MR) is 75.1 cm³/mol. The first-order valence-corrected chi connectivity index (χ1v) is 8.69. The van der Waals surface area contributed by atoms with Crippen LogP contribution in [0, 0.1) is 5.82 Å². The highest BCUT2D eigenvalue weighted by Gasteiger charge is 2.21. The average molecular weight is 307 g/mol. The Morgan fingerprint density at radius 3 is 2.68 bits per heavy atom. The van der Waals surface area contributed by atoms with Gasteiger partial charge in [-0.2, -0.15) is 11.8 Å². The molecule has 1 atom stereocenters. The smallest absolute Gasteiger partial charge is 0.243 e. The number of nitrogens with one attached hydrogen (secondary N) is 1. The summed E-state index contributed by atoms with van der Waals surface area (Å²) < 4.78 is 40.2. The summed E-state index contributed by atoms with van der Waals surface area (Å²) >= 11 is 1.62. The maximum absolute atomic E-state index is 13.7. The lowest BCUT2D eigenvalue weighted by atomic mass is 10.2. The molecular formula is C12H18FNO3S2. The zero-order valence-corrected chi connectivity index (χ0v) is 12.5. The molecule has 0 aromatic heterocycles. The van der Waals surface area contributed by atoms with Crippen molar-refractivity contribution in [1.82, 2.24) is 4.72 Å². The van der Waals surface area contributed by atoms with Crippen LogP contribution in [0.3, 0.4) is 0 Å². The third-order valence-electron chi connectivity index (χ3n) is 2.58. The predicted octanol–water partition coefficient (Wildman–Crippen LogP) is 1.74. The van der Waals surface area contributed by atoms with Crippen molar-refractivity contribution in [3.05, 3.63) is 29.6 Å². The minimum absolute atomic E-state index is 0.255. The lowest BCUT2D eigenvalue weighted by molar-refractivity contribution is 0.281. The second kappa shape index (κ2) is 7.23. The molecule has 0 aliphatic heterocycles. The molecule has 0 fully saturated rings. The van der Waals surface area contributed by atoms with Gasteiger partial charge in [0, 0.05) is 6.04 Å². The fraction of sp³-hybridized carbons (Fsp3) is 0.500. The molecule has 0 aliphatic rings. The van der Waals surface area contributed by atoms with Crippen molar-refractivity contribution in [2.45, 2.75) is 30.9 Å². The van der Waals surface area contributed by atoms with E-state index in [-0.39, 0.29) is 17.5 Å². The molecule has 1 unspecified atom stereocenters. The van der Waals surface area contributed by atoms with E-state index >= 15 is 0 Å². The van der Waals surface area contributed by atoms with Crippen molar-refractivity contribution in [2.75, 3.05) is 12.0 Å². The van der Waals surface area contributed by atoms with Gasteiger partial charge in [0.1, 0.15) is 10.7 Å². The summed E-state index contributed by atoms with van der Waals surface area (Å²) in [7, 11) is -3.86. The molecule has 4 nitrogen and oxygen atoms in total. The summed E-state index contributed by atoms with van der Waals surface area (Å²) in [5.41, 5.74) is 0.340. The lowest BCUT2D eigenvalue weighted by Gasteiger charge is -2.14. The van der Waals surface area contributed by atoms with Crippen LogP contribution >= 0.6 is 11.8 Å². The zero-order chi connectivity index (χ0) is 14.5. The first kappa shape index (κ1) is 16.4. The number of hydrogen-bond acceptors (Lipinski definition) is 4. The van der Waals surface area contributed by atoms with Crippen LogP contribution in [-0.4, -0.2) is 31.6 Å². The number of aliphatic hydroxyl groups is 1. The summed E-state index contributed by atoms with van der Waals surface area (Å²) in [5.74, 6) is -0.0218. The maximum Gasteiger partial charge on any atom is 0.243 e. The fourth-order valence-corrected chi connectivity index (χ4v) is 3.47. The van der Waals surface area contributed by atoms with Gasteiger partial charge in [0.15, 0.2) is 0 Å². The van der Waals surface area contributed by atoms with E-state index in [0.29, 0.717) is 12.0 Å². The van der Waals surface area contributed by atoms with Gasteiger partial charge in [0.05, 0.1) is 6.61 Å². The summed E-state index contributed by atoms with van der Waals surface area (Å²) in [4.78, 5) is -0.388. The highest BCUT2D eigenvalue weighted by atomic mass is 32.2. The summed E-state index contributed by atoms with van der Waals surface area (Å²) in [6.45, 7) is 1.42. The fourth-order valence-electron chi connectivity index (χ4n) is 1.54. The molecule has 1 aromatic rings. The molecule has 1 rings (SSSR count). The Morgan fingerprint density at radius 1 is 1.47 bits per heavy atom. The number of sulfonamides is 1. The maximum atomic E-state index is 13.7. The van der Waals surface area contributed by atoms with E-state index in [1.165, 1.54) is 12.1 Å². The molecule has 0 saturated carbocycles. The number of aliphatic hydroxyl groups excluding tert-OH is 1. The van der Waals surface area contributed by atoms with E-state index in [1.54, 1.807) is 18.7 Å². The molecule has 0 bridgehead atoms. The van der Waals surface area contributed by atoms with Crippen LogP contribution in [0.25, 0.3) is 0 Å². The van der Waals surface area contributed by atoms with Gasteiger partial charge in [-0.25, -0.2) is 17.5 Å². The Balaban J connectivity index is 2.88. The topological polar surface area (TPSA) is 66.4 Å². The van der Waals surface area contributed by atoms with Gasteiger partial charge in [0.25, 0.3) is 0 Å². The number of thioether (sulfide) groups is 1. The minimum atomic E-state index is -3.86. The van der Waals surface area contributed by atoms with Crippen molar-refractivity contribution in [3.63, 3.8) is 0 Å². The second-order valence-electron chi connectivity index (χ2n) is 4.23. The molecule has 0 heterocycles. The Bertz CT molecular complexity index is 520. The van der Waals surface area contributed by atoms with Gasteiger partial charge in [-0.1, -0.05) is 6.07 Å². The van der Waals surface area contributed by atoms with Crippen molar-refractivity contribution in [1.29, 1.82) is 0 Å². The van der Waals surface area contributed by atoms with Gasteiger partial charge in [0.2, 0.25) is 10.0 Å². The zero-order valence-electron chi connectivity index (χ0n) is 10.9. The van der Waals surface area contributed by atoms with E-state index in [1.807, 2.05) is 6.26 Å². The monoisotopic (exact) mass is 307 g/mol. The molecule has 1 aromatic carbocycles. The highest BCUT2D eigenvalue weighted by Crippen LogP contribution is 2.17. The van der Waals surface area contributed by atoms with Crippen LogP contribution in [0.1, 0.15) is 18.9 Å². The normalized spacial score (nSPS) is 13.5. The quantitative estimate of drug-likeness (QED) is 0.805. The van der Waals surface area contributed by atoms with E-state index < -0.39 is 15.8 Å². The van der Waals surface area contributed by atoms with Gasteiger partial charge in [-0.15, -0.1) is 0 Å². The van der Waals surface area contributed by atoms with Crippen LogP contribution in [0.2, 0.25) is 0 Å². The standard InChI is InChI=1S/C12H18FNO3S2/c1-9(5-6-18-2)14-19(16,17)12-4-3-10(8-15)7-11(12)13/h3-4,7,9,14-15H,5-6,8H2,1-2H3. The van der Waals surface area contributed by atoms with Crippen LogP contribution in [0.4, 0.5) is 4.39 Å². The summed E-state index contributed by atoms with van der Waals surface area (Å²) in [6.07, 6.45) is 2.62. The number of rotatable bonds is 7. The molecule has 0 radical (unpaired) electrons. The van der Waals surface area contributed by atoms with Crippen LogP contribution < -0.4 is 4.72 Å². The third kappa shape index (κ3) is 4.76. The Kier molecular flexibility index (Phi) is 6.25. The largest absolute Gasteiger partial charge is 0.392 e. The van der Waals surface area contributed by atoms with Crippen LogP contribution in [0.15, 0.2) is 23.1 Å². The molecule has 0 spiro atoms. The first-order valence-electron chi connectivity index (χ1n) is 5.81. The molecule has 0 saturated heterocycles. The van der Waals surface area contributed by atoms with Crippen LogP contribution in [-0.2, 0) is 16.6 Å². The van der Waals surface area contributed by atoms with E-state index in [2.05, 4.69) is 4.72 Å². The Morgan fingerprint density at radius 2 is 2.16 bits per heavy atom.